The highest BCUT2D eigenvalue weighted by atomic mass is 35.5. The van der Waals surface area contributed by atoms with Gasteiger partial charge in [-0.15, -0.1) is 12.4 Å². The highest BCUT2D eigenvalue weighted by Crippen LogP contribution is 2.29. The lowest BCUT2D eigenvalue weighted by molar-refractivity contribution is -0.137. The van der Waals surface area contributed by atoms with Crippen LogP contribution in [-0.4, -0.2) is 29.8 Å². The summed E-state index contributed by atoms with van der Waals surface area (Å²) in [7, 11) is 0. The quantitative estimate of drug-likeness (QED) is 0.382. The van der Waals surface area contributed by atoms with Crippen molar-refractivity contribution in [1.82, 2.24) is 5.32 Å². The molecule has 1 aromatic rings. The van der Waals surface area contributed by atoms with Crippen molar-refractivity contribution in [2.45, 2.75) is 65.8 Å². The minimum atomic E-state index is -0.433. The van der Waals surface area contributed by atoms with Crippen molar-refractivity contribution >= 4 is 30.1 Å². The van der Waals surface area contributed by atoms with Crippen LogP contribution in [0.25, 0.3) is 0 Å². The van der Waals surface area contributed by atoms with E-state index < -0.39 is 11.9 Å². The van der Waals surface area contributed by atoms with Gasteiger partial charge in [0.15, 0.2) is 17.3 Å². The molecule has 0 aliphatic carbocycles. The number of hydrogen-bond acceptors (Lipinski definition) is 6. The van der Waals surface area contributed by atoms with Gasteiger partial charge in [0.25, 0.3) is 0 Å². The van der Waals surface area contributed by atoms with Crippen molar-refractivity contribution in [2.75, 3.05) is 6.54 Å². The van der Waals surface area contributed by atoms with Gasteiger partial charge in [-0.2, -0.15) is 0 Å². The zero-order chi connectivity index (χ0) is 19.7. The second-order valence-electron chi connectivity index (χ2n) is 7.14. The van der Waals surface area contributed by atoms with Gasteiger partial charge < -0.3 is 14.8 Å². The van der Waals surface area contributed by atoms with Crippen molar-refractivity contribution in [3.05, 3.63) is 23.8 Å². The summed E-state index contributed by atoms with van der Waals surface area (Å²) in [6.45, 7) is 9.79. The molecule has 0 aromatic heterocycles. The predicted molar refractivity (Wildman–Crippen MR) is 107 cm³/mol. The summed E-state index contributed by atoms with van der Waals surface area (Å²) in [5.41, 5.74) is 0.193. The number of ketones is 1. The summed E-state index contributed by atoms with van der Waals surface area (Å²) in [5.74, 6) is -0.742. The minimum absolute atomic E-state index is 0. The lowest BCUT2D eigenvalue weighted by Crippen LogP contribution is -2.39. The number of carbonyl (C=O) groups is 3. The van der Waals surface area contributed by atoms with E-state index in [9.17, 15) is 14.4 Å². The zero-order valence-electron chi connectivity index (χ0n) is 16.7. The first-order valence-corrected chi connectivity index (χ1v) is 9.00. The number of carbonyl (C=O) groups excluding carboxylic acids is 3. The number of benzene rings is 1. The van der Waals surface area contributed by atoms with Crippen LogP contribution in [0.4, 0.5) is 0 Å². The number of halogens is 1. The van der Waals surface area contributed by atoms with Gasteiger partial charge in [-0.1, -0.05) is 13.8 Å². The summed E-state index contributed by atoms with van der Waals surface area (Å²) >= 11 is 0. The minimum Gasteiger partial charge on any atom is -0.423 e. The summed E-state index contributed by atoms with van der Waals surface area (Å²) in [6.07, 6.45) is 1.79. The van der Waals surface area contributed by atoms with E-state index in [1.54, 1.807) is 6.07 Å². The van der Waals surface area contributed by atoms with Crippen LogP contribution < -0.4 is 14.8 Å². The van der Waals surface area contributed by atoms with Crippen LogP contribution in [0.15, 0.2) is 18.2 Å². The molecule has 0 aliphatic rings. The first-order valence-electron chi connectivity index (χ1n) is 9.00. The Bertz CT molecular complexity index is 652. The second-order valence-corrected chi connectivity index (χ2v) is 7.14. The highest BCUT2D eigenvalue weighted by molar-refractivity contribution is 5.98. The first kappa shape index (κ1) is 25.1. The van der Waals surface area contributed by atoms with E-state index in [-0.39, 0.29) is 54.6 Å². The maximum atomic E-state index is 12.4. The SMILES string of the molecule is CCCC(=O)Oc1ccc(C(=O)CNC(C)(C)C)cc1OC(=O)CCC.Cl. The number of hydrogen-bond donors (Lipinski definition) is 1. The Morgan fingerprint density at radius 1 is 0.926 bits per heavy atom. The predicted octanol–water partition coefficient (Wildman–Crippen LogP) is 4.09. The van der Waals surface area contributed by atoms with E-state index >= 15 is 0 Å². The lowest BCUT2D eigenvalue weighted by Gasteiger charge is -2.20. The van der Waals surface area contributed by atoms with Crippen LogP contribution in [0.3, 0.4) is 0 Å². The van der Waals surface area contributed by atoms with Crippen molar-refractivity contribution in [3.8, 4) is 11.5 Å². The highest BCUT2D eigenvalue weighted by Gasteiger charge is 2.18. The van der Waals surface area contributed by atoms with Gasteiger partial charge in [0.1, 0.15) is 0 Å². The Morgan fingerprint density at radius 3 is 1.93 bits per heavy atom. The maximum Gasteiger partial charge on any atom is 0.311 e. The third-order valence-corrected chi connectivity index (χ3v) is 3.40. The van der Waals surface area contributed by atoms with Gasteiger partial charge in [0.05, 0.1) is 6.54 Å². The molecule has 0 spiro atoms. The van der Waals surface area contributed by atoms with Crippen LogP contribution in [-0.2, 0) is 9.59 Å². The number of Topliss-reactive ketones (excluding diaryl/α,β-unsaturated/α-hetero) is 1. The molecule has 0 saturated heterocycles. The number of esters is 2. The molecule has 0 heterocycles. The Balaban J connectivity index is 0.00000676. The molecule has 0 amide bonds. The third kappa shape index (κ3) is 9.54. The molecule has 0 atom stereocenters. The van der Waals surface area contributed by atoms with Gasteiger partial charge in [-0.3, -0.25) is 14.4 Å². The fourth-order valence-corrected chi connectivity index (χ4v) is 2.05. The standard InChI is InChI=1S/C20H29NO5.ClH/c1-6-8-18(23)25-16-11-10-14(15(22)13-21-20(3,4)5)12-17(16)26-19(24)9-7-2;/h10-12,21H,6-9,13H2,1-5H3;1H. The average molecular weight is 400 g/mol. The van der Waals surface area contributed by atoms with Crippen LogP contribution in [0.1, 0.15) is 70.7 Å². The smallest absolute Gasteiger partial charge is 0.311 e. The molecule has 7 heteroatoms. The van der Waals surface area contributed by atoms with Crippen LogP contribution in [0.2, 0.25) is 0 Å². The molecule has 0 bridgehead atoms. The van der Waals surface area contributed by atoms with Crippen molar-refractivity contribution in [3.63, 3.8) is 0 Å². The first-order chi connectivity index (χ1) is 12.2. The Morgan fingerprint density at radius 2 is 1.44 bits per heavy atom. The van der Waals surface area contributed by atoms with Gasteiger partial charge >= 0.3 is 11.9 Å². The molecule has 1 rings (SSSR count). The fourth-order valence-electron chi connectivity index (χ4n) is 2.05. The molecule has 0 fully saturated rings. The van der Waals surface area contributed by atoms with Crippen LogP contribution in [0, 0.1) is 0 Å². The van der Waals surface area contributed by atoms with Crippen LogP contribution >= 0.6 is 12.4 Å². The second kappa shape index (κ2) is 11.7. The molecule has 0 radical (unpaired) electrons. The van der Waals surface area contributed by atoms with E-state index in [0.717, 1.165) is 0 Å². The molecular formula is C20H30ClNO5. The van der Waals surface area contributed by atoms with E-state index in [1.165, 1.54) is 12.1 Å². The van der Waals surface area contributed by atoms with Gasteiger partial charge in [-0.05, 0) is 51.8 Å². The van der Waals surface area contributed by atoms with E-state index in [1.807, 2.05) is 34.6 Å². The molecule has 0 saturated carbocycles. The summed E-state index contributed by atoms with van der Waals surface area (Å²) < 4.78 is 10.6. The monoisotopic (exact) mass is 399 g/mol. The molecule has 152 valence electrons. The number of ether oxygens (including phenoxy) is 2. The van der Waals surface area contributed by atoms with E-state index in [4.69, 9.17) is 9.47 Å². The summed E-state index contributed by atoms with van der Waals surface area (Å²) in [6, 6.07) is 4.51. The Kier molecular flexibility index (Phi) is 10.9. The molecular weight excluding hydrogens is 370 g/mol. The van der Waals surface area contributed by atoms with Gasteiger partial charge in [0.2, 0.25) is 0 Å². The Hall–Kier alpha value is -1.92. The molecule has 0 aliphatic heterocycles. The zero-order valence-corrected chi connectivity index (χ0v) is 17.5. The van der Waals surface area contributed by atoms with E-state index in [0.29, 0.717) is 18.4 Å². The van der Waals surface area contributed by atoms with Crippen molar-refractivity contribution in [2.24, 2.45) is 0 Å². The van der Waals surface area contributed by atoms with Gasteiger partial charge in [0, 0.05) is 23.9 Å². The third-order valence-electron chi connectivity index (χ3n) is 3.40. The van der Waals surface area contributed by atoms with Crippen molar-refractivity contribution in [1.29, 1.82) is 0 Å². The maximum absolute atomic E-state index is 12.4. The number of nitrogens with one attached hydrogen (secondary N) is 1. The molecule has 27 heavy (non-hydrogen) atoms. The normalized spacial score (nSPS) is 10.7. The Labute approximate surface area is 167 Å². The summed E-state index contributed by atoms with van der Waals surface area (Å²) in [4.78, 5) is 36.0. The lowest BCUT2D eigenvalue weighted by atomic mass is 10.1. The topological polar surface area (TPSA) is 81.7 Å². The molecule has 0 unspecified atom stereocenters. The largest absolute Gasteiger partial charge is 0.423 e. The molecule has 1 aromatic carbocycles. The van der Waals surface area contributed by atoms with Crippen LogP contribution in [0.5, 0.6) is 11.5 Å². The number of rotatable bonds is 9. The molecule has 1 N–H and O–H groups in total. The van der Waals surface area contributed by atoms with E-state index in [2.05, 4.69) is 5.32 Å². The average Bonchev–Trinajstić information content (AvgIpc) is 2.54. The summed E-state index contributed by atoms with van der Waals surface area (Å²) in [5, 5.41) is 3.12. The fraction of sp³-hybridized carbons (Fsp3) is 0.550. The van der Waals surface area contributed by atoms with Crippen molar-refractivity contribution < 1.29 is 23.9 Å². The molecule has 6 nitrogen and oxygen atoms in total. The van der Waals surface area contributed by atoms with Gasteiger partial charge in [-0.25, -0.2) is 0 Å².